The summed E-state index contributed by atoms with van der Waals surface area (Å²) in [6.07, 6.45) is 0. The van der Waals surface area contributed by atoms with Crippen LogP contribution < -0.4 is 5.32 Å². The van der Waals surface area contributed by atoms with Gasteiger partial charge in [0.25, 0.3) is 0 Å². The summed E-state index contributed by atoms with van der Waals surface area (Å²) < 4.78 is 4.65. The average molecular weight is 357 g/mol. The van der Waals surface area contributed by atoms with E-state index in [0.29, 0.717) is 25.4 Å². The molecule has 1 aliphatic heterocycles. The Morgan fingerprint density at radius 2 is 2.22 bits per heavy atom. The molecule has 1 aliphatic rings. The van der Waals surface area contributed by atoms with Crippen molar-refractivity contribution in [2.75, 3.05) is 26.0 Å². The summed E-state index contributed by atoms with van der Waals surface area (Å²) in [6, 6.07) is 3.64. The molecule has 5 nitrogen and oxygen atoms in total. The first-order valence-electron chi connectivity index (χ1n) is 7.61. The van der Waals surface area contributed by atoms with Gasteiger partial charge in [-0.05, 0) is 32.9 Å². The first-order valence-corrected chi connectivity index (χ1v) is 9.41. The molecule has 1 aromatic heterocycles. The number of rotatable bonds is 6. The van der Waals surface area contributed by atoms with Crippen LogP contribution in [0.3, 0.4) is 0 Å². The molecule has 0 aliphatic carbocycles. The quantitative estimate of drug-likeness (QED) is 0.847. The summed E-state index contributed by atoms with van der Waals surface area (Å²) in [5, 5.41) is 2.87. The highest BCUT2D eigenvalue weighted by atomic mass is 32.2. The summed E-state index contributed by atoms with van der Waals surface area (Å²) in [5.41, 5.74) is 0. The molecule has 0 aromatic carbocycles. The number of nitrogens with one attached hydrogen (secondary N) is 1. The van der Waals surface area contributed by atoms with E-state index in [1.165, 1.54) is 16.6 Å². The molecule has 1 saturated heterocycles. The smallest absolute Gasteiger partial charge is 0.246 e. The number of carbonyl (C=O) groups is 2. The van der Waals surface area contributed by atoms with Gasteiger partial charge in [0, 0.05) is 29.2 Å². The van der Waals surface area contributed by atoms with Crippen molar-refractivity contribution in [1.82, 2.24) is 10.2 Å². The van der Waals surface area contributed by atoms with E-state index in [4.69, 9.17) is 4.74 Å². The van der Waals surface area contributed by atoms with Gasteiger partial charge < -0.3 is 15.0 Å². The number of thiophene rings is 1. The monoisotopic (exact) mass is 356 g/mol. The summed E-state index contributed by atoms with van der Waals surface area (Å²) >= 11 is 3.22. The van der Waals surface area contributed by atoms with Crippen LogP contribution >= 0.6 is 23.1 Å². The van der Waals surface area contributed by atoms with Gasteiger partial charge in [-0.2, -0.15) is 0 Å². The van der Waals surface area contributed by atoms with Gasteiger partial charge in [-0.3, -0.25) is 9.59 Å². The first kappa shape index (κ1) is 18.3. The van der Waals surface area contributed by atoms with Crippen molar-refractivity contribution >= 4 is 34.9 Å². The summed E-state index contributed by atoms with van der Waals surface area (Å²) in [5.74, 6) is 0.486. The van der Waals surface area contributed by atoms with Gasteiger partial charge >= 0.3 is 0 Å². The molecule has 23 heavy (non-hydrogen) atoms. The molecule has 0 saturated carbocycles. The molecule has 1 fully saturated rings. The molecule has 0 radical (unpaired) electrons. The standard InChI is InChI=1S/C16H24N2O3S2/c1-11-5-6-12(23-11)9-18(7-8-21-4)14(19)13-10-22-16(2,3)15(20)17-13/h5-6,13H,7-10H2,1-4H3,(H,17,20)/t13-/m0/s1. The molecule has 1 atom stereocenters. The van der Waals surface area contributed by atoms with Crippen molar-refractivity contribution in [2.45, 2.75) is 38.1 Å². The molecule has 0 spiro atoms. The normalized spacial score (nSPS) is 20.2. The van der Waals surface area contributed by atoms with Crippen LogP contribution in [-0.4, -0.2) is 53.5 Å². The van der Waals surface area contributed by atoms with Crippen molar-refractivity contribution in [1.29, 1.82) is 0 Å². The van der Waals surface area contributed by atoms with Gasteiger partial charge in [0.15, 0.2) is 0 Å². The minimum absolute atomic E-state index is 0.0375. The second-order valence-corrected chi connectivity index (χ2v) is 9.13. The van der Waals surface area contributed by atoms with Crippen molar-refractivity contribution in [3.8, 4) is 0 Å². The fraction of sp³-hybridized carbons (Fsp3) is 0.625. The van der Waals surface area contributed by atoms with Crippen LogP contribution in [0.2, 0.25) is 0 Å². The van der Waals surface area contributed by atoms with Crippen molar-refractivity contribution in [3.63, 3.8) is 0 Å². The van der Waals surface area contributed by atoms with E-state index >= 15 is 0 Å². The molecule has 7 heteroatoms. The predicted octanol–water partition coefficient (Wildman–Crippen LogP) is 2.04. The number of ether oxygens (including phenoxy) is 1. The van der Waals surface area contributed by atoms with Crippen LogP contribution in [-0.2, 0) is 20.9 Å². The lowest BCUT2D eigenvalue weighted by Crippen LogP contribution is -2.57. The molecule has 1 aromatic rings. The van der Waals surface area contributed by atoms with Crippen LogP contribution in [0.1, 0.15) is 23.6 Å². The first-order chi connectivity index (χ1) is 10.8. The van der Waals surface area contributed by atoms with E-state index in [9.17, 15) is 9.59 Å². The number of hydrogen-bond acceptors (Lipinski definition) is 5. The van der Waals surface area contributed by atoms with Gasteiger partial charge in [-0.1, -0.05) is 0 Å². The molecule has 1 N–H and O–H groups in total. The Labute approximate surface area is 145 Å². The van der Waals surface area contributed by atoms with Crippen LogP contribution in [0.15, 0.2) is 12.1 Å². The van der Waals surface area contributed by atoms with Crippen LogP contribution in [0, 0.1) is 6.92 Å². The molecule has 2 amide bonds. The number of aryl methyl sites for hydroxylation is 1. The lowest BCUT2D eigenvalue weighted by molar-refractivity contribution is -0.137. The zero-order valence-corrected chi connectivity index (χ0v) is 15.7. The maximum absolute atomic E-state index is 12.8. The molecular formula is C16H24N2O3S2. The fourth-order valence-electron chi connectivity index (χ4n) is 2.31. The van der Waals surface area contributed by atoms with E-state index in [-0.39, 0.29) is 11.8 Å². The highest BCUT2D eigenvalue weighted by molar-refractivity contribution is 8.01. The van der Waals surface area contributed by atoms with Crippen LogP contribution in [0.25, 0.3) is 0 Å². The molecular weight excluding hydrogens is 332 g/mol. The third-order valence-electron chi connectivity index (χ3n) is 3.78. The Kier molecular flexibility index (Phi) is 6.11. The zero-order chi connectivity index (χ0) is 17.0. The largest absolute Gasteiger partial charge is 0.383 e. The maximum Gasteiger partial charge on any atom is 0.246 e. The van der Waals surface area contributed by atoms with Gasteiger partial charge in [-0.15, -0.1) is 23.1 Å². The number of methoxy groups -OCH3 is 1. The number of hydrogen-bond donors (Lipinski definition) is 1. The molecule has 2 heterocycles. The topological polar surface area (TPSA) is 58.6 Å². The Bertz CT molecular complexity index is 571. The number of amides is 2. The van der Waals surface area contributed by atoms with Crippen molar-refractivity contribution < 1.29 is 14.3 Å². The van der Waals surface area contributed by atoms with Gasteiger partial charge in [0.2, 0.25) is 11.8 Å². The Balaban J connectivity index is 2.05. The number of thioether (sulfide) groups is 1. The average Bonchev–Trinajstić information content (AvgIpc) is 2.91. The molecule has 128 valence electrons. The summed E-state index contributed by atoms with van der Waals surface area (Å²) in [4.78, 5) is 29.1. The Morgan fingerprint density at radius 1 is 1.48 bits per heavy atom. The molecule has 2 rings (SSSR count). The Morgan fingerprint density at radius 3 is 2.78 bits per heavy atom. The van der Waals surface area contributed by atoms with Crippen LogP contribution in [0.5, 0.6) is 0 Å². The maximum atomic E-state index is 12.8. The van der Waals surface area contributed by atoms with E-state index in [1.807, 2.05) is 19.9 Å². The van der Waals surface area contributed by atoms with E-state index < -0.39 is 10.8 Å². The van der Waals surface area contributed by atoms with Crippen molar-refractivity contribution in [2.24, 2.45) is 0 Å². The minimum Gasteiger partial charge on any atom is -0.383 e. The lowest BCUT2D eigenvalue weighted by atomic mass is 10.1. The predicted molar refractivity (Wildman–Crippen MR) is 94.8 cm³/mol. The SMILES string of the molecule is COCCN(Cc1ccc(C)s1)C(=O)[C@@H]1CSC(C)(C)C(=O)N1. The number of nitrogens with zero attached hydrogens (tertiary/aromatic N) is 1. The molecule has 0 bridgehead atoms. The van der Waals surface area contributed by atoms with Gasteiger partial charge in [0.05, 0.1) is 17.9 Å². The lowest BCUT2D eigenvalue weighted by Gasteiger charge is -2.35. The second kappa shape index (κ2) is 7.68. The fourth-order valence-corrected chi connectivity index (χ4v) is 4.22. The van der Waals surface area contributed by atoms with Gasteiger partial charge in [0.1, 0.15) is 6.04 Å². The van der Waals surface area contributed by atoms with E-state index in [1.54, 1.807) is 23.3 Å². The van der Waals surface area contributed by atoms with Gasteiger partial charge in [-0.25, -0.2) is 0 Å². The van der Waals surface area contributed by atoms with Crippen molar-refractivity contribution in [3.05, 3.63) is 21.9 Å². The Hall–Kier alpha value is -1.05. The zero-order valence-electron chi connectivity index (χ0n) is 14.0. The van der Waals surface area contributed by atoms with E-state index in [0.717, 1.165) is 4.88 Å². The molecule has 0 unspecified atom stereocenters. The number of carbonyl (C=O) groups excluding carboxylic acids is 2. The third kappa shape index (κ3) is 4.71. The van der Waals surface area contributed by atoms with E-state index in [2.05, 4.69) is 18.3 Å². The highest BCUT2D eigenvalue weighted by Crippen LogP contribution is 2.29. The highest BCUT2D eigenvalue weighted by Gasteiger charge is 2.39. The summed E-state index contributed by atoms with van der Waals surface area (Å²) in [6.45, 7) is 7.37. The van der Waals surface area contributed by atoms with Crippen LogP contribution in [0.4, 0.5) is 0 Å². The summed E-state index contributed by atoms with van der Waals surface area (Å²) in [7, 11) is 1.62. The third-order valence-corrected chi connectivity index (χ3v) is 6.17. The minimum atomic E-state index is -0.473. The second-order valence-electron chi connectivity index (χ2n) is 6.11.